The summed E-state index contributed by atoms with van der Waals surface area (Å²) >= 11 is 0. The molecule has 4 rings (SSSR count). The molecule has 142 valence electrons. The summed E-state index contributed by atoms with van der Waals surface area (Å²) in [5, 5.41) is 12.0. The number of hydrogen-bond donors (Lipinski definition) is 1. The summed E-state index contributed by atoms with van der Waals surface area (Å²) in [5.74, 6) is -0.476. The average Bonchev–Trinajstić information content (AvgIpc) is 3.05. The Morgan fingerprint density at radius 3 is 2.52 bits per heavy atom. The van der Waals surface area contributed by atoms with E-state index in [0.717, 1.165) is 23.0 Å². The van der Waals surface area contributed by atoms with Crippen molar-refractivity contribution in [2.45, 2.75) is 29.9 Å². The summed E-state index contributed by atoms with van der Waals surface area (Å²) < 4.78 is 41.8. The van der Waals surface area contributed by atoms with Crippen molar-refractivity contribution in [3.8, 4) is 0 Å². The second-order valence-electron chi connectivity index (χ2n) is 6.96. The van der Waals surface area contributed by atoms with Gasteiger partial charge >= 0.3 is 0 Å². The van der Waals surface area contributed by atoms with Gasteiger partial charge in [0.1, 0.15) is 5.82 Å². The smallest absolute Gasteiger partial charge is 0.243 e. The van der Waals surface area contributed by atoms with Gasteiger partial charge in [-0.1, -0.05) is 0 Å². The highest BCUT2D eigenvalue weighted by Crippen LogP contribution is 2.29. The lowest BCUT2D eigenvalue weighted by Crippen LogP contribution is -2.48. The van der Waals surface area contributed by atoms with E-state index in [-0.39, 0.29) is 18.0 Å². The van der Waals surface area contributed by atoms with Crippen molar-refractivity contribution in [1.82, 2.24) is 13.9 Å². The van der Waals surface area contributed by atoms with Gasteiger partial charge in [0.05, 0.1) is 28.8 Å². The number of nitrogens with zero attached hydrogens (tertiary/aromatic N) is 3. The van der Waals surface area contributed by atoms with E-state index < -0.39 is 21.4 Å². The monoisotopic (exact) mass is 389 g/mol. The molecule has 0 amide bonds. The van der Waals surface area contributed by atoms with Crippen LogP contribution in [0.15, 0.2) is 59.9 Å². The van der Waals surface area contributed by atoms with E-state index in [1.807, 2.05) is 22.9 Å². The lowest BCUT2D eigenvalue weighted by molar-refractivity contribution is -0.0185. The first-order valence-electron chi connectivity index (χ1n) is 8.74. The zero-order valence-electron chi connectivity index (χ0n) is 14.6. The third kappa shape index (κ3) is 3.47. The Morgan fingerprint density at radius 1 is 1.11 bits per heavy atom. The number of rotatable bonds is 4. The summed E-state index contributed by atoms with van der Waals surface area (Å²) in [6.07, 6.45) is 6.04. The van der Waals surface area contributed by atoms with Crippen molar-refractivity contribution in [1.29, 1.82) is 0 Å². The Kier molecular flexibility index (Phi) is 4.49. The molecule has 1 saturated heterocycles. The summed E-state index contributed by atoms with van der Waals surface area (Å²) in [5.41, 5.74) is -0.0522. The predicted molar refractivity (Wildman–Crippen MR) is 99.1 cm³/mol. The van der Waals surface area contributed by atoms with Gasteiger partial charge in [0.15, 0.2) is 0 Å². The number of aromatic nitrogens is 2. The summed E-state index contributed by atoms with van der Waals surface area (Å²) in [6.45, 7) is 0.813. The molecule has 0 atom stereocenters. The predicted octanol–water partition coefficient (Wildman–Crippen LogP) is 2.39. The lowest BCUT2D eigenvalue weighted by atomic mass is 9.92. The molecule has 0 spiro atoms. The Labute approximate surface area is 156 Å². The molecule has 8 heteroatoms. The highest BCUT2D eigenvalue weighted by atomic mass is 32.2. The Morgan fingerprint density at radius 2 is 1.81 bits per heavy atom. The third-order valence-corrected chi connectivity index (χ3v) is 7.06. The minimum Gasteiger partial charge on any atom is -0.388 e. The maximum absolute atomic E-state index is 13.1. The molecular weight excluding hydrogens is 369 g/mol. The normalized spacial score (nSPS) is 18.0. The molecule has 6 nitrogen and oxygen atoms in total. The fourth-order valence-corrected chi connectivity index (χ4v) is 4.98. The van der Waals surface area contributed by atoms with E-state index in [0.29, 0.717) is 19.4 Å². The molecule has 0 saturated carbocycles. The molecule has 27 heavy (non-hydrogen) atoms. The van der Waals surface area contributed by atoms with E-state index in [9.17, 15) is 17.9 Å². The highest BCUT2D eigenvalue weighted by Gasteiger charge is 2.37. The molecular formula is C19H20FN3O3S. The average molecular weight is 389 g/mol. The quantitative estimate of drug-likeness (QED) is 0.744. The largest absolute Gasteiger partial charge is 0.388 e. The molecule has 0 radical (unpaired) electrons. The van der Waals surface area contributed by atoms with Crippen LogP contribution in [0.3, 0.4) is 0 Å². The van der Waals surface area contributed by atoms with Crippen LogP contribution < -0.4 is 0 Å². The molecule has 1 N–H and O–H groups in total. The van der Waals surface area contributed by atoms with Gasteiger partial charge in [0.2, 0.25) is 10.0 Å². The number of piperidine rings is 1. The second-order valence-corrected chi connectivity index (χ2v) is 8.90. The molecule has 3 heterocycles. The van der Waals surface area contributed by atoms with Crippen molar-refractivity contribution >= 4 is 20.9 Å². The van der Waals surface area contributed by atoms with E-state index in [4.69, 9.17) is 0 Å². The van der Waals surface area contributed by atoms with Gasteiger partial charge in [-0.15, -0.1) is 0 Å². The second kappa shape index (κ2) is 6.70. The number of hydrogen-bond acceptors (Lipinski definition) is 4. The zero-order valence-corrected chi connectivity index (χ0v) is 15.4. The van der Waals surface area contributed by atoms with Gasteiger partial charge in [-0.25, -0.2) is 12.8 Å². The zero-order chi connectivity index (χ0) is 19.1. The van der Waals surface area contributed by atoms with Gasteiger partial charge in [0.25, 0.3) is 0 Å². The van der Waals surface area contributed by atoms with Crippen molar-refractivity contribution in [2.24, 2.45) is 0 Å². The van der Waals surface area contributed by atoms with Gasteiger partial charge in [-0.2, -0.15) is 4.31 Å². The molecule has 1 aliphatic rings. The van der Waals surface area contributed by atoms with Crippen LogP contribution in [0.1, 0.15) is 12.8 Å². The maximum Gasteiger partial charge on any atom is 0.243 e. The minimum atomic E-state index is -3.69. The fourth-order valence-electron chi connectivity index (χ4n) is 3.54. The van der Waals surface area contributed by atoms with Gasteiger partial charge in [0, 0.05) is 30.9 Å². The number of fused-ring (bicyclic) bond motifs is 1. The van der Waals surface area contributed by atoms with Gasteiger partial charge in [-0.05, 0) is 49.2 Å². The van der Waals surface area contributed by atoms with Crippen LogP contribution in [-0.2, 0) is 16.6 Å². The Bertz CT molecular complexity index is 1060. The minimum absolute atomic E-state index is 0.0665. The lowest BCUT2D eigenvalue weighted by Gasteiger charge is -2.37. The molecule has 3 aromatic rings. The first-order chi connectivity index (χ1) is 12.9. The van der Waals surface area contributed by atoms with Crippen LogP contribution in [0, 0.1) is 5.82 Å². The van der Waals surface area contributed by atoms with Crippen molar-refractivity contribution < 1.29 is 17.9 Å². The van der Waals surface area contributed by atoms with Gasteiger partial charge in [-0.3, -0.25) is 4.98 Å². The standard InChI is InChI=1S/C19H20FN3O3S/c20-16-1-3-17(4-2-16)27(25,26)23-11-7-19(24,8-12-23)14-22-10-6-15-5-9-21-13-18(15)22/h1-6,9-10,13,24H,7-8,11-12,14H2. The van der Waals surface area contributed by atoms with Gasteiger partial charge < -0.3 is 9.67 Å². The van der Waals surface area contributed by atoms with Crippen LogP contribution in [0.4, 0.5) is 4.39 Å². The van der Waals surface area contributed by atoms with Crippen LogP contribution in [0.25, 0.3) is 10.9 Å². The van der Waals surface area contributed by atoms with E-state index in [2.05, 4.69) is 4.98 Å². The topological polar surface area (TPSA) is 75.4 Å². The number of halogens is 1. The molecule has 0 bridgehead atoms. The van der Waals surface area contributed by atoms with E-state index in [1.54, 1.807) is 12.4 Å². The van der Waals surface area contributed by atoms with Crippen LogP contribution in [0.2, 0.25) is 0 Å². The molecule has 1 aliphatic heterocycles. The first-order valence-corrected chi connectivity index (χ1v) is 10.2. The number of sulfonamides is 1. The highest BCUT2D eigenvalue weighted by molar-refractivity contribution is 7.89. The molecule has 0 unspecified atom stereocenters. The Balaban J connectivity index is 1.48. The number of benzene rings is 1. The third-order valence-electron chi connectivity index (χ3n) is 5.15. The van der Waals surface area contributed by atoms with Crippen molar-refractivity contribution in [3.63, 3.8) is 0 Å². The molecule has 2 aromatic heterocycles. The number of aliphatic hydroxyl groups is 1. The van der Waals surface area contributed by atoms with Crippen molar-refractivity contribution in [3.05, 3.63) is 60.8 Å². The molecule has 1 aromatic carbocycles. The number of pyridine rings is 1. The maximum atomic E-state index is 13.1. The van der Waals surface area contributed by atoms with Crippen LogP contribution in [0.5, 0.6) is 0 Å². The summed E-state index contributed by atoms with van der Waals surface area (Å²) in [4.78, 5) is 4.20. The Hall–Kier alpha value is -2.29. The van der Waals surface area contributed by atoms with Crippen LogP contribution in [-0.4, -0.2) is 46.1 Å². The summed E-state index contributed by atoms with van der Waals surface area (Å²) in [7, 11) is -3.69. The molecule has 0 aliphatic carbocycles. The van der Waals surface area contributed by atoms with E-state index in [1.165, 1.54) is 16.4 Å². The summed E-state index contributed by atoms with van der Waals surface area (Å²) in [6, 6.07) is 8.69. The first kappa shape index (κ1) is 18.1. The van der Waals surface area contributed by atoms with Crippen molar-refractivity contribution in [2.75, 3.05) is 13.1 Å². The SMILES string of the molecule is O=S(=O)(c1ccc(F)cc1)N1CCC(O)(Cn2ccc3ccncc32)CC1. The fraction of sp³-hybridized carbons (Fsp3) is 0.316. The molecule has 1 fully saturated rings. The van der Waals surface area contributed by atoms with Crippen LogP contribution >= 0.6 is 0 Å². The van der Waals surface area contributed by atoms with E-state index >= 15 is 0 Å².